The van der Waals surface area contributed by atoms with E-state index in [0.29, 0.717) is 17.0 Å². The van der Waals surface area contributed by atoms with Crippen LogP contribution in [-0.2, 0) is 11.2 Å². The second-order valence-corrected chi connectivity index (χ2v) is 6.19. The topological polar surface area (TPSA) is 37.3 Å². The number of carbonyl (C=O) groups is 1. The highest BCUT2D eigenvalue weighted by Gasteiger charge is 2.23. The van der Waals surface area contributed by atoms with Crippen LogP contribution in [0.4, 0.5) is 0 Å². The van der Waals surface area contributed by atoms with Gasteiger partial charge in [-0.3, -0.25) is 4.79 Å². The van der Waals surface area contributed by atoms with Crippen molar-refractivity contribution in [2.75, 3.05) is 0 Å². The van der Waals surface area contributed by atoms with E-state index in [9.17, 15) is 9.90 Å². The molecule has 0 bridgehead atoms. The van der Waals surface area contributed by atoms with Crippen LogP contribution in [0.2, 0.25) is 5.02 Å². The Kier molecular flexibility index (Phi) is 3.95. The van der Waals surface area contributed by atoms with Crippen LogP contribution in [0.1, 0.15) is 17.0 Å². The molecule has 1 N–H and O–H groups in total. The molecule has 0 saturated heterocycles. The van der Waals surface area contributed by atoms with Crippen LogP contribution in [0, 0.1) is 0 Å². The number of rotatable bonds is 4. The molecule has 2 nitrogen and oxygen atoms in total. The Morgan fingerprint density at radius 2 is 1.86 bits per heavy atom. The molecule has 106 valence electrons. The highest BCUT2D eigenvalue weighted by Crippen LogP contribution is 2.32. The van der Waals surface area contributed by atoms with Crippen molar-refractivity contribution < 1.29 is 9.90 Å². The minimum Gasteiger partial charge on any atom is -0.481 e. The maximum atomic E-state index is 11.7. The van der Waals surface area contributed by atoms with Gasteiger partial charge < -0.3 is 5.11 Å². The van der Waals surface area contributed by atoms with Crippen LogP contribution in [0.25, 0.3) is 10.1 Å². The van der Waals surface area contributed by atoms with Crippen molar-refractivity contribution in [3.63, 3.8) is 0 Å². The van der Waals surface area contributed by atoms with E-state index in [4.69, 9.17) is 11.6 Å². The summed E-state index contributed by atoms with van der Waals surface area (Å²) in [6, 6.07) is 15.2. The molecule has 0 aliphatic rings. The number of halogens is 1. The van der Waals surface area contributed by atoms with Crippen molar-refractivity contribution in [3.05, 3.63) is 70.1 Å². The third kappa shape index (κ3) is 2.80. The number of aliphatic carboxylic acids is 1. The van der Waals surface area contributed by atoms with Gasteiger partial charge in [0.25, 0.3) is 0 Å². The minimum atomic E-state index is -0.849. The molecule has 1 unspecified atom stereocenters. The van der Waals surface area contributed by atoms with Gasteiger partial charge in [-0.05, 0) is 40.4 Å². The second-order valence-electron chi connectivity index (χ2n) is 4.87. The average molecular weight is 317 g/mol. The molecular weight excluding hydrogens is 304 g/mol. The lowest BCUT2D eigenvalue weighted by atomic mass is 9.92. The van der Waals surface area contributed by atoms with Gasteiger partial charge in [0.2, 0.25) is 0 Å². The first-order valence-corrected chi connectivity index (χ1v) is 7.85. The van der Waals surface area contributed by atoms with Crippen LogP contribution in [-0.4, -0.2) is 11.1 Å². The zero-order valence-corrected chi connectivity index (χ0v) is 12.7. The maximum Gasteiger partial charge on any atom is 0.311 e. The summed E-state index contributed by atoms with van der Waals surface area (Å²) in [5, 5.41) is 13.2. The number of hydrogen-bond donors (Lipinski definition) is 1. The molecular formula is C17H13ClO2S. The summed E-state index contributed by atoms with van der Waals surface area (Å²) >= 11 is 7.80. The lowest BCUT2D eigenvalue weighted by Crippen LogP contribution is -2.14. The number of thiophene rings is 1. The standard InChI is InChI=1S/C17H13ClO2S/c18-15-7-3-1-6-13(15)14(17(19)20)9-11-10-21-16-8-4-2-5-12(11)16/h1-8,10,14H,9H2,(H,19,20). The molecule has 0 spiro atoms. The third-order valence-electron chi connectivity index (χ3n) is 3.56. The van der Waals surface area contributed by atoms with Gasteiger partial charge in [-0.1, -0.05) is 48.0 Å². The third-order valence-corrected chi connectivity index (χ3v) is 4.92. The fourth-order valence-corrected chi connectivity index (χ4v) is 3.74. The molecule has 1 heterocycles. The molecule has 0 fully saturated rings. The van der Waals surface area contributed by atoms with Gasteiger partial charge >= 0.3 is 5.97 Å². The summed E-state index contributed by atoms with van der Waals surface area (Å²) in [6.07, 6.45) is 0.448. The van der Waals surface area contributed by atoms with Gasteiger partial charge in [-0.15, -0.1) is 11.3 Å². The molecule has 2 aromatic carbocycles. The first-order chi connectivity index (χ1) is 10.2. The molecule has 1 atom stereocenters. The van der Waals surface area contributed by atoms with E-state index in [1.165, 1.54) is 4.70 Å². The number of hydrogen-bond acceptors (Lipinski definition) is 2. The van der Waals surface area contributed by atoms with Crippen LogP contribution in [0.5, 0.6) is 0 Å². The maximum absolute atomic E-state index is 11.7. The summed E-state index contributed by atoms with van der Waals surface area (Å²) < 4.78 is 1.18. The van der Waals surface area contributed by atoms with E-state index in [-0.39, 0.29) is 0 Å². The van der Waals surface area contributed by atoms with Crippen LogP contribution in [0.15, 0.2) is 53.9 Å². The smallest absolute Gasteiger partial charge is 0.311 e. The van der Waals surface area contributed by atoms with Crippen LogP contribution >= 0.6 is 22.9 Å². The Hall–Kier alpha value is -1.84. The quantitative estimate of drug-likeness (QED) is 0.738. The Labute approximate surface area is 131 Å². The van der Waals surface area contributed by atoms with Crippen molar-refractivity contribution >= 4 is 39.0 Å². The molecule has 1 aromatic heterocycles. The zero-order valence-electron chi connectivity index (χ0n) is 11.1. The SMILES string of the molecule is O=C(O)C(Cc1csc2ccccc12)c1ccccc1Cl. The van der Waals surface area contributed by atoms with Gasteiger partial charge in [0.1, 0.15) is 0 Å². The van der Waals surface area contributed by atoms with Crippen molar-refractivity contribution in [2.24, 2.45) is 0 Å². The molecule has 0 aliphatic heterocycles. The van der Waals surface area contributed by atoms with Gasteiger partial charge in [-0.2, -0.15) is 0 Å². The first-order valence-electron chi connectivity index (χ1n) is 6.59. The summed E-state index contributed by atoms with van der Waals surface area (Å²) in [5.74, 6) is -1.48. The second kappa shape index (κ2) is 5.88. The Morgan fingerprint density at radius 3 is 2.62 bits per heavy atom. The predicted molar refractivity (Wildman–Crippen MR) is 87.4 cm³/mol. The highest BCUT2D eigenvalue weighted by molar-refractivity contribution is 7.17. The van der Waals surface area contributed by atoms with Crippen molar-refractivity contribution in [2.45, 2.75) is 12.3 Å². The lowest BCUT2D eigenvalue weighted by molar-refractivity contribution is -0.138. The summed E-state index contributed by atoms with van der Waals surface area (Å²) in [7, 11) is 0. The van der Waals surface area contributed by atoms with Gasteiger partial charge in [0.05, 0.1) is 5.92 Å². The van der Waals surface area contributed by atoms with Crippen LogP contribution in [0.3, 0.4) is 0 Å². The Morgan fingerprint density at radius 1 is 1.14 bits per heavy atom. The number of fused-ring (bicyclic) bond motifs is 1. The van der Waals surface area contributed by atoms with Crippen molar-refractivity contribution in [3.8, 4) is 0 Å². The van der Waals surface area contributed by atoms with Crippen molar-refractivity contribution in [1.29, 1.82) is 0 Å². The van der Waals surface area contributed by atoms with E-state index < -0.39 is 11.9 Å². The molecule has 21 heavy (non-hydrogen) atoms. The van der Waals surface area contributed by atoms with Crippen molar-refractivity contribution in [1.82, 2.24) is 0 Å². The van der Waals surface area contributed by atoms with Crippen LogP contribution < -0.4 is 0 Å². The van der Waals surface area contributed by atoms with Gasteiger partial charge in [0.15, 0.2) is 0 Å². The molecule has 3 rings (SSSR count). The largest absolute Gasteiger partial charge is 0.481 e. The lowest BCUT2D eigenvalue weighted by Gasteiger charge is -2.14. The Balaban J connectivity index is 2.00. The van der Waals surface area contributed by atoms with Gasteiger partial charge in [-0.25, -0.2) is 0 Å². The fraction of sp³-hybridized carbons (Fsp3) is 0.118. The van der Waals surface area contributed by atoms with E-state index in [1.54, 1.807) is 23.5 Å². The molecule has 0 amide bonds. The summed E-state index contributed by atoms with van der Waals surface area (Å²) in [4.78, 5) is 11.7. The summed E-state index contributed by atoms with van der Waals surface area (Å²) in [5.41, 5.74) is 1.73. The number of carboxylic acid groups (broad SMARTS) is 1. The predicted octanol–water partition coefficient (Wildman–Crippen LogP) is 4.97. The minimum absolute atomic E-state index is 0.448. The monoisotopic (exact) mass is 316 g/mol. The fourth-order valence-electron chi connectivity index (χ4n) is 2.50. The molecule has 0 radical (unpaired) electrons. The average Bonchev–Trinajstić information content (AvgIpc) is 2.89. The van der Waals surface area contributed by atoms with Gasteiger partial charge in [0, 0.05) is 9.72 Å². The normalized spacial score (nSPS) is 12.4. The number of benzene rings is 2. The van der Waals surface area contributed by atoms with E-state index in [2.05, 4.69) is 6.07 Å². The molecule has 0 aliphatic carbocycles. The molecule has 0 saturated carbocycles. The summed E-state index contributed by atoms with van der Waals surface area (Å²) in [6.45, 7) is 0. The highest BCUT2D eigenvalue weighted by atomic mass is 35.5. The Bertz CT molecular complexity index is 794. The van der Waals surface area contributed by atoms with E-state index in [1.807, 2.05) is 35.7 Å². The molecule has 4 heteroatoms. The first kappa shape index (κ1) is 14.1. The number of carboxylic acids is 1. The molecule has 3 aromatic rings. The van der Waals surface area contributed by atoms with E-state index >= 15 is 0 Å². The van der Waals surface area contributed by atoms with E-state index in [0.717, 1.165) is 10.9 Å². The zero-order chi connectivity index (χ0) is 14.8.